The number of unbranched alkanes of at least 4 members (excludes halogenated alkanes) is 1. The van der Waals surface area contributed by atoms with Gasteiger partial charge in [0.05, 0.1) is 16.8 Å². The first-order valence-electron chi connectivity index (χ1n) is 7.03. The van der Waals surface area contributed by atoms with Crippen LogP contribution in [0, 0.1) is 3.57 Å². The minimum Gasteiger partial charge on any atom is -0.371 e. The molecule has 0 aliphatic carbocycles. The largest absolute Gasteiger partial charge is 0.371 e. The van der Waals surface area contributed by atoms with Gasteiger partial charge in [-0.3, -0.25) is 0 Å². The molecule has 2 aromatic rings. The molecule has 1 aliphatic heterocycles. The van der Waals surface area contributed by atoms with Gasteiger partial charge < -0.3 is 10.0 Å². The number of nitrogens with zero attached hydrogens (tertiary/aromatic N) is 3. The Kier molecular flexibility index (Phi) is 4.65. The Labute approximate surface area is 146 Å². The fraction of sp³-hybridized carbons (Fsp3) is 0.333. The molecular weight excluding hydrogens is 413 g/mol. The summed E-state index contributed by atoms with van der Waals surface area (Å²) >= 11 is 3.66. The standard InChI is InChI=1S/C15H16IN3O2S/c1-2-3-4-7-18-9-13(20)19(15(18)21)14-17-11-8-10(16)5-6-12(11)22-14/h2,5-6,8,13,20H,1,3-4,7,9H2. The molecule has 0 radical (unpaired) electrons. The van der Waals surface area contributed by atoms with Crippen molar-refractivity contribution in [1.82, 2.24) is 9.88 Å². The number of aromatic nitrogens is 1. The van der Waals surface area contributed by atoms with E-state index in [1.165, 1.54) is 16.2 Å². The van der Waals surface area contributed by atoms with Crippen LogP contribution < -0.4 is 4.90 Å². The molecule has 0 spiro atoms. The molecule has 1 unspecified atom stereocenters. The van der Waals surface area contributed by atoms with Gasteiger partial charge in [0, 0.05) is 10.1 Å². The fourth-order valence-electron chi connectivity index (χ4n) is 2.45. The number of anilines is 1. The number of amides is 2. The maximum absolute atomic E-state index is 12.5. The van der Waals surface area contributed by atoms with Crippen LogP contribution in [0.5, 0.6) is 0 Å². The van der Waals surface area contributed by atoms with Crippen molar-refractivity contribution >= 4 is 55.3 Å². The topological polar surface area (TPSA) is 56.7 Å². The van der Waals surface area contributed by atoms with E-state index in [1.807, 2.05) is 24.3 Å². The fourth-order valence-corrected chi connectivity index (χ4v) is 3.91. The molecular formula is C15H16IN3O2S. The Balaban J connectivity index is 1.83. The second kappa shape index (κ2) is 6.51. The molecule has 1 aromatic carbocycles. The van der Waals surface area contributed by atoms with Gasteiger partial charge in [-0.15, -0.1) is 6.58 Å². The Bertz CT molecular complexity index is 718. The van der Waals surface area contributed by atoms with Crippen molar-refractivity contribution in [3.05, 3.63) is 34.4 Å². The quantitative estimate of drug-likeness (QED) is 0.450. The molecule has 1 aromatic heterocycles. The summed E-state index contributed by atoms with van der Waals surface area (Å²) in [6.45, 7) is 4.63. The van der Waals surface area contributed by atoms with Gasteiger partial charge in [0.15, 0.2) is 11.4 Å². The number of carbonyl (C=O) groups excluding carboxylic acids is 1. The van der Waals surface area contributed by atoms with Crippen LogP contribution in [0.1, 0.15) is 12.8 Å². The maximum Gasteiger partial charge on any atom is 0.328 e. The van der Waals surface area contributed by atoms with E-state index in [2.05, 4.69) is 34.2 Å². The molecule has 3 rings (SSSR count). The summed E-state index contributed by atoms with van der Waals surface area (Å²) in [5.74, 6) is 0. The van der Waals surface area contributed by atoms with Crippen molar-refractivity contribution in [2.45, 2.75) is 19.1 Å². The third-order valence-electron chi connectivity index (χ3n) is 3.54. The molecule has 7 heteroatoms. The summed E-state index contributed by atoms with van der Waals surface area (Å²) < 4.78 is 2.11. The minimum atomic E-state index is -0.837. The highest BCUT2D eigenvalue weighted by atomic mass is 127. The first-order chi connectivity index (χ1) is 10.6. The van der Waals surface area contributed by atoms with E-state index in [-0.39, 0.29) is 6.03 Å². The Hall–Kier alpha value is -1.19. The number of benzene rings is 1. The first-order valence-corrected chi connectivity index (χ1v) is 8.93. The molecule has 2 heterocycles. The molecule has 1 atom stereocenters. The van der Waals surface area contributed by atoms with Crippen LogP contribution in [-0.2, 0) is 0 Å². The summed E-state index contributed by atoms with van der Waals surface area (Å²) in [5.41, 5.74) is 0.858. The lowest BCUT2D eigenvalue weighted by atomic mass is 10.3. The van der Waals surface area contributed by atoms with Crippen LogP contribution in [0.15, 0.2) is 30.9 Å². The number of aliphatic hydroxyl groups excluding tert-OH is 1. The molecule has 5 nitrogen and oxygen atoms in total. The van der Waals surface area contributed by atoms with Gasteiger partial charge in [-0.05, 0) is 53.6 Å². The van der Waals surface area contributed by atoms with Crippen LogP contribution in [0.3, 0.4) is 0 Å². The van der Waals surface area contributed by atoms with Gasteiger partial charge in [-0.25, -0.2) is 14.7 Å². The van der Waals surface area contributed by atoms with Gasteiger partial charge in [0.1, 0.15) is 0 Å². The van der Waals surface area contributed by atoms with Crippen molar-refractivity contribution in [2.75, 3.05) is 18.0 Å². The lowest BCUT2D eigenvalue weighted by Crippen LogP contribution is -2.35. The van der Waals surface area contributed by atoms with E-state index in [4.69, 9.17) is 0 Å². The van der Waals surface area contributed by atoms with Crippen LogP contribution in [-0.4, -0.2) is 40.3 Å². The van der Waals surface area contributed by atoms with Crippen LogP contribution >= 0.6 is 33.9 Å². The third-order valence-corrected chi connectivity index (χ3v) is 5.25. The average Bonchev–Trinajstić information content (AvgIpc) is 3.00. The zero-order valence-corrected chi connectivity index (χ0v) is 14.9. The van der Waals surface area contributed by atoms with E-state index < -0.39 is 6.23 Å². The van der Waals surface area contributed by atoms with E-state index >= 15 is 0 Å². The number of hydrogen-bond donors (Lipinski definition) is 1. The molecule has 22 heavy (non-hydrogen) atoms. The summed E-state index contributed by atoms with van der Waals surface area (Å²) in [6, 6.07) is 5.80. The average molecular weight is 429 g/mol. The lowest BCUT2D eigenvalue weighted by molar-refractivity contribution is 0.176. The molecule has 0 saturated carbocycles. The highest BCUT2D eigenvalue weighted by Crippen LogP contribution is 2.33. The molecule has 116 valence electrons. The molecule has 1 aliphatic rings. The van der Waals surface area contributed by atoms with Gasteiger partial charge >= 0.3 is 6.03 Å². The van der Waals surface area contributed by atoms with E-state index in [0.29, 0.717) is 18.2 Å². The number of allylic oxidation sites excluding steroid dienone is 1. The van der Waals surface area contributed by atoms with Crippen molar-refractivity contribution < 1.29 is 9.90 Å². The summed E-state index contributed by atoms with van der Waals surface area (Å²) in [5, 5.41) is 10.8. The van der Waals surface area contributed by atoms with E-state index in [1.54, 1.807) is 4.90 Å². The Morgan fingerprint density at radius 1 is 1.55 bits per heavy atom. The predicted molar refractivity (Wildman–Crippen MR) is 97.2 cm³/mol. The number of rotatable bonds is 5. The van der Waals surface area contributed by atoms with E-state index in [0.717, 1.165) is 26.6 Å². The molecule has 1 saturated heterocycles. The van der Waals surface area contributed by atoms with E-state index in [9.17, 15) is 9.90 Å². The highest BCUT2D eigenvalue weighted by molar-refractivity contribution is 14.1. The lowest BCUT2D eigenvalue weighted by Gasteiger charge is -2.16. The third kappa shape index (κ3) is 2.97. The summed E-state index contributed by atoms with van der Waals surface area (Å²) in [4.78, 5) is 20.1. The van der Waals surface area contributed by atoms with Gasteiger partial charge in [-0.1, -0.05) is 17.4 Å². The van der Waals surface area contributed by atoms with Crippen molar-refractivity contribution in [1.29, 1.82) is 0 Å². The van der Waals surface area contributed by atoms with Crippen molar-refractivity contribution in [2.24, 2.45) is 0 Å². The maximum atomic E-state index is 12.5. The summed E-state index contributed by atoms with van der Waals surface area (Å²) in [6.07, 6.45) is 2.72. The van der Waals surface area contributed by atoms with Crippen LogP contribution in [0.2, 0.25) is 0 Å². The van der Waals surface area contributed by atoms with Gasteiger partial charge in [0.25, 0.3) is 0 Å². The monoisotopic (exact) mass is 429 g/mol. The Morgan fingerprint density at radius 2 is 2.36 bits per heavy atom. The number of fused-ring (bicyclic) bond motifs is 1. The number of hydrogen-bond acceptors (Lipinski definition) is 4. The highest BCUT2D eigenvalue weighted by Gasteiger charge is 2.38. The Morgan fingerprint density at radius 3 is 3.14 bits per heavy atom. The number of carbonyl (C=O) groups is 1. The normalized spacial score (nSPS) is 18.5. The smallest absolute Gasteiger partial charge is 0.328 e. The molecule has 1 N–H and O–H groups in total. The number of β-amino-alcohol motifs (C(OH)–C–C–N with tert-alkyl or cyclic N) is 1. The second-order valence-corrected chi connectivity index (χ2v) is 7.37. The first kappa shape index (κ1) is 15.7. The molecule has 1 fully saturated rings. The van der Waals surface area contributed by atoms with Crippen molar-refractivity contribution in [3.8, 4) is 0 Å². The number of thiazole rings is 1. The number of urea groups is 1. The number of halogens is 1. The van der Waals surface area contributed by atoms with Gasteiger partial charge in [-0.2, -0.15) is 0 Å². The zero-order chi connectivity index (χ0) is 15.7. The zero-order valence-electron chi connectivity index (χ0n) is 11.9. The summed E-state index contributed by atoms with van der Waals surface area (Å²) in [7, 11) is 0. The number of aliphatic hydroxyl groups is 1. The van der Waals surface area contributed by atoms with Crippen LogP contribution in [0.4, 0.5) is 9.93 Å². The second-order valence-electron chi connectivity index (χ2n) is 5.12. The van der Waals surface area contributed by atoms with Crippen LogP contribution in [0.25, 0.3) is 10.2 Å². The van der Waals surface area contributed by atoms with Crippen molar-refractivity contribution in [3.63, 3.8) is 0 Å². The van der Waals surface area contributed by atoms with Gasteiger partial charge in [0.2, 0.25) is 0 Å². The minimum absolute atomic E-state index is 0.176. The molecule has 0 bridgehead atoms. The predicted octanol–water partition coefficient (Wildman–Crippen LogP) is 3.43. The molecule has 2 amide bonds. The SMILES string of the molecule is C=CCCCN1CC(O)N(c2nc3cc(I)ccc3s2)C1=O.